The van der Waals surface area contributed by atoms with Gasteiger partial charge in [0.25, 0.3) is 0 Å². The highest BCUT2D eigenvalue weighted by atomic mass is 16.5. The zero-order chi connectivity index (χ0) is 15.1. The quantitative estimate of drug-likeness (QED) is 0.300. The third kappa shape index (κ3) is 19.2. The molecule has 0 aromatic carbocycles. The van der Waals surface area contributed by atoms with E-state index in [0.29, 0.717) is 6.61 Å². The summed E-state index contributed by atoms with van der Waals surface area (Å²) in [5.41, 5.74) is 2.45. The first-order chi connectivity index (χ1) is 8.97. The van der Waals surface area contributed by atoms with E-state index in [1.165, 1.54) is 18.1 Å². The minimum absolute atomic E-state index is 0.217. The molecule has 0 N–H and O–H groups in total. The third-order valence-electron chi connectivity index (χ3n) is 2.36. The molecule has 0 saturated heterocycles. The Bertz CT molecular complexity index is 301. The first-order valence-electron chi connectivity index (χ1n) is 6.87. The number of hydrogen-bond acceptors (Lipinski definition) is 3. The van der Waals surface area contributed by atoms with Crippen LogP contribution in [0.2, 0.25) is 0 Å². The van der Waals surface area contributed by atoms with Crippen molar-refractivity contribution in [2.45, 2.75) is 60.3 Å². The number of carbonyl (C=O) groups excluding carboxylic acids is 2. The lowest BCUT2D eigenvalue weighted by molar-refractivity contribution is -0.139. The number of ether oxygens (including phenoxy) is 1. The van der Waals surface area contributed by atoms with Gasteiger partial charge in [0, 0.05) is 6.92 Å². The van der Waals surface area contributed by atoms with Gasteiger partial charge in [-0.1, -0.05) is 37.8 Å². The summed E-state index contributed by atoms with van der Waals surface area (Å²) < 4.78 is 4.74. The molecule has 0 heterocycles. The Kier molecular flexibility index (Phi) is 15.4. The Morgan fingerprint density at radius 1 is 1.00 bits per heavy atom. The normalized spacial score (nSPS) is 11.4. The van der Waals surface area contributed by atoms with Crippen molar-refractivity contribution in [1.82, 2.24) is 0 Å². The summed E-state index contributed by atoms with van der Waals surface area (Å²) in [5.74, 6) is -0.217. The average Bonchev–Trinajstić information content (AvgIpc) is 2.30. The van der Waals surface area contributed by atoms with Crippen LogP contribution >= 0.6 is 0 Å². The lowest BCUT2D eigenvalue weighted by Crippen LogP contribution is -1.98. The Morgan fingerprint density at radius 2 is 1.53 bits per heavy atom. The largest absolute Gasteiger partial charge is 0.462 e. The molecule has 0 aromatic heterocycles. The number of esters is 1. The van der Waals surface area contributed by atoms with Crippen molar-refractivity contribution in [2.24, 2.45) is 0 Å². The summed E-state index contributed by atoms with van der Waals surface area (Å²) in [7, 11) is 0. The first-order valence-corrected chi connectivity index (χ1v) is 6.87. The molecule has 3 heteroatoms. The highest BCUT2D eigenvalue weighted by Gasteiger charge is 1.89. The van der Waals surface area contributed by atoms with Crippen LogP contribution in [0.3, 0.4) is 0 Å². The van der Waals surface area contributed by atoms with Crippen LogP contribution < -0.4 is 0 Å². The van der Waals surface area contributed by atoms with Gasteiger partial charge in [-0.3, -0.25) is 9.59 Å². The second-order valence-corrected chi connectivity index (χ2v) is 4.50. The van der Waals surface area contributed by atoms with E-state index in [2.05, 4.69) is 13.8 Å². The second kappa shape index (κ2) is 14.7. The van der Waals surface area contributed by atoms with Crippen molar-refractivity contribution in [3.63, 3.8) is 0 Å². The van der Waals surface area contributed by atoms with Crippen molar-refractivity contribution >= 4 is 12.3 Å². The van der Waals surface area contributed by atoms with Gasteiger partial charge >= 0.3 is 5.97 Å². The standard InChI is InChI=1S/C9H16O2.C7H12O/c1-4-5-8(2)6-7-11-9(3)10;1-3-4-7(2)5-6-8/h6H,4-5,7H2,1-3H3;5-6H,3-4H2,1-2H3. The van der Waals surface area contributed by atoms with E-state index in [4.69, 9.17) is 4.74 Å². The van der Waals surface area contributed by atoms with E-state index in [1.807, 2.05) is 19.9 Å². The number of hydrogen-bond donors (Lipinski definition) is 0. The summed E-state index contributed by atoms with van der Waals surface area (Å²) in [4.78, 5) is 20.1. The smallest absolute Gasteiger partial charge is 0.302 e. The number of rotatable bonds is 7. The van der Waals surface area contributed by atoms with E-state index in [0.717, 1.165) is 32.0 Å². The van der Waals surface area contributed by atoms with Crippen LogP contribution in [0.5, 0.6) is 0 Å². The van der Waals surface area contributed by atoms with Crippen LogP contribution in [0.25, 0.3) is 0 Å². The lowest BCUT2D eigenvalue weighted by atomic mass is 10.2. The van der Waals surface area contributed by atoms with Gasteiger partial charge in [0.1, 0.15) is 12.9 Å². The van der Waals surface area contributed by atoms with Gasteiger partial charge < -0.3 is 4.74 Å². The minimum atomic E-state index is -0.217. The fourth-order valence-electron chi connectivity index (χ4n) is 1.39. The van der Waals surface area contributed by atoms with Crippen molar-refractivity contribution in [1.29, 1.82) is 0 Å². The molecule has 0 amide bonds. The Labute approximate surface area is 117 Å². The van der Waals surface area contributed by atoms with Gasteiger partial charge in [-0.05, 0) is 38.8 Å². The molecule has 0 aromatic rings. The highest BCUT2D eigenvalue weighted by molar-refractivity contribution is 5.66. The van der Waals surface area contributed by atoms with Crippen LogP contribution in [0, 0.1) is 0 Å². The molecule has 0 spiro atoms. The monoisotopic (exact) mass is 268 g/mol. The van der Waals surface area contributed by atoms with Crippen LogP contribution in [-0.2, 0) is 14.3 Å². The highest BCUT2D eigenvalue weighted by Crippen LogP contribution is 2.02. The van der Waals surface area contributed by atoms with Crippen LogP contribution in [0.1, 0.15) is 60.3 Å². The van der Waals surface area contributed by atoms with E-state index in [9.17, 15) is 9.59 Å². The molecule has 0 unspecified atom stereocenters. The predicted octanol–water partition coefficient (Wildman–Crippen LogP) is 4.23. The molecule has 19 heavy (non-hydrogen) atoms. The summed E-state index contributed by atoms with van der Waals surface area (Å²) >= 11 is 0. The number of aldehydes is 1. The molecule has 3 nitrogen and oxygen atoms in total. The zero-order valence-electron chi connectivity index (χ0n) is 13.0. The van der Waals surface area contributed by atoms with Crippen LogP contribution in [-0.4, -0.2) is 18.9 Å². The molecule has 0 aliphatic carbocycles. The molecular formula is C16H28O3. The van der Waals surface area contributed by atoms with Crippen LogP contribution in [0.15, 0.2) is 23.3 Å². The van der Waals surface area contributed by atoms with Gasteiger partial charge in [0.2, 0.25) is 0 Å². The molecular weight excluding hydrogens is 240 g/mol. The Balaban J connectivity index is 0. The maximum absolute atomic E-state index is 10.3. The maximum atomic E-state index is 10.3. The fourth-order valence-corrected chi connectivity index (χ4v) is 1.39. The van der Waals surface area contributed by atoms with Gasteiger partial charge in [-0.25, -0.2) is 0 Å². The Hall–Kier alpha value is -1.38. The van der Waals surface area contributed by atoms with Crippen molar-refractivity contribution in [3.8, 4) is 0 Å². The molecule has 0 aliphatic heterocycles. The van der Waals surface area contributed by atoms with Crippen molar-refractivity contribution in [3.05, 3.63) is 23.3 Å². The number of allylic oxidation sites excluding steroid dienone is 3. The lowest BCUT2D eigenvalue weighted by Gasteiger charge is -1.98. The summed E-state index contributed by atoms with van der Waals surface area (Å²) in [6.07, 6.45) is 8.79. The summed E-state index contributed by atoms with van der Waals surface area (Å²) in [6.45, 7) is 10.1. The average molecular weight is 268 g/mol. The molecule has 0 saturated carbocycles. The van der Waals surface area contributed by atoms with Crippen molar-refractivity contribution in [2.75, 3.05) is 6.61 Å². The van der Waals surface area contributed by atoms with Gasteiger partial charge in [0.05, 0.1) is 0 Å². The summed E-state index contributed by atoms with van der Waals surface area (Å²) in [6, 6.07) is 0. The zero-order valence-corrected chi connectivity index (χ0v) is 13.0. The fraction of sp³-hybridized carbons (Fsp3) is 0.625. The predicted molar refractivity (Wildman–Crippen MR) is 80.0 cm³/mol. The molecule has 110 valence electrons. The van der Waals surface area contributed by atoms with E-state index in [1.54, 1.807) is 6.08 Å². The third-order valence-corrected chi connectivity index (χ3v) is 2.36. The number of carbonyl (C=O) groups is 2. The Morgan fingerprint density at radius 3 is 1.95 bits per heavy atom. The molecule has 0 aliphatic rings. The van der Waals surface area contributed by atoms with E-state index >= 15 is 0 Å². The molecule has 0 fully saturated rings. The van der Waals surface area contributed by atoms with Gasteiger partial charge in [-0.2, -0.15) is 0 Å². The van der Waals surface area contributed by atoms with Gasteiger partial charge in [0.15, 0.2) is 0 Å². The maximum Gasteiger partial charge on any atom is 0.302 e. The topological polar surface area (TPSA) is 43.4 Å². The second-order valence-electron chi connectivity index (χ2n) is 4.50. The summed E-state index contributed by atoms with van der Waals surface area (Å²) in [5, 5.41) is 0. The molecule has 0 rings (SSSR count). The minimum Gasteiger partial charge on any atom is -0.462 e. The van der Waals surface area contributed by atoms with Gasteiger partial charge in [-0.15, -0.1) is 0 Å². The molecule has 0 atom stereocenters. The molecule has 0 radical (unpaired) electrons. The van der Waals surface area contributed by atoms with Crippen molar-refractivity contribution < 1.29 is 14.3 Å². The van der Waals surface area contributed by atoms with E-state index in [-0.39, 0.29) is 5.97 Å². The van der Waals surface area contributed by atoms with Crippen LogP contribution in [0.4, 0.5) is 0 Å². The SMILES string of the molecule is CCCC(C)=CC=O.CCCC(C)=CCOC(C)=O. The van der Waals surface area contributed by atoms with E-state index < -0.39 is 0 Å². The first kappa shape index (κ1) is 19.9. The molecule has 0 bridgehead atoms.